The zero-order valence-electron chi connectivity index (χ0n) is 18.6. The number of nitrogens with one attached hydrogen (secondary N) is 2. The average molecular weight is 439 g/mol. The Morgan fingerprint density at radius 2 is 1.91 bits per heavy atom. The van der Waals surface area contributed by atoms with Gasteiger partial charge in [-0.25, -0.2) is 9.97 Å². The average Bonchev–Trinajstić information content (AvgIpc) is 3.33. The molecule has 9 nitrogen and oxygen atoms in total. The molecule has 1 atom stereocenters. The van der Waals surface area contributed by atoms with E-state index < -0.39 is 0 Å². The number of benzene rings is 1. The smallest absolute Gasteiger partial charge is 0.229 e. The molecule has 2 aromatic heterocycles. The molecule has 0 radical (unpaired) electrons. The molecular weight excluding hydrogens is 408 g/mol. The van der Waals surface area contributed by atoms with Crippen LogP contribution in [0, 0.1) is 0 Å². The summed E-state index contributed by atoms with van der Waals surface area (Å²) < 4.78 is 16.7. The monoisotopic (exact) mass is 438 g/mol. The molecule has 1 unspecified atom stereocenters. The van der Waals surface area contributed by atoms with E-state index in [1.54, 1.807) is 13.4 Å². The van der Waals surface area contributed by atoms with Crippen molar-refractivity contribution in [2.24, 2.45) is 0 Å². The summed E-state index contributed by atoms with van der Waals surface area (Å²) in [6.07, 6.45) is 3.57. The summed E-state index contributed by atoms with van der Waals surface area (Å²) in [5.41, 5.74) is 4.61. The van der Waals surface area contributed by atoms with E-state index in [9.17, 15) is 0 Å². The van der Waals surface area contributed by atoms with Gasteiger partial charge in [0.2, 0.25) is 5.95 Å². The number of aromatic amines is 1. The topological polar surface area (TPSA) is 97.4 Å². The highest BCUT2D eigenvalue weighted by atomic mass is 16.5. The number of imidazole rings is 1. The van der Waals surface area contributed by atoms with E-state index >= 15 is 0 Å². The minimum Gasteiger partial charge on any atom is -0.495 e. The number of ether oxygens (including phenoxy) is 3. The van der Waals surface area contributed by atoms with Crippen LogP contribution in [0.4, 0.5) is 11.6 Å². The molecule has 4 heterocycles. The van der Waals surface area contributed by atoms with Gasteiger partial charge in [-0.1, -0.05) is 6.07 Å². The zero-order chi connectivity index (χ0) is 21.9. The van der Waals surface area contributed by atoms with Gasteiger partial charge in [0.1, 0.15) is 11.3 Å². The molecule has 2 N–H and O–H groups in total. The van der Waals surface area contributed by atoms with Crippen molar-refractivity contribution in [3.8, 4) is 5.75 Å². The second kappa shape index (κ2) is 9.40. The highest BCUT2D eigenvalue weighted by Crippen LogP contribution is 2.34. The summed E-state index contributed by atoms with van der Waals surface area (Å²) in [6, 6.07) is 6.56. The lowest BCUT2D eigenvalue weighted by Crippen LogP contribution is -2.38. The lowest BCUT2D eigenvalue weighted by molar-refractivity contribution is 0.0198. The Balaban J connectivity index is 1.42. The van der Waals surface area contributed by atoms with E-state index in [0.29, 0.717) is 23.6 Å². The molecule has 0 amide bonds. The number of nitrogens with zero attached hydrogens (tertiary/aromatic N) is 4. The molecule has 170 valence electrons. The van der Waals surface area contributed by atoms with E-state index in [2.05, 4.69) is 44.2 Å². The molecule has 0 spiro atoms. The maximum atomic E-state index is 5.72. The molecule has 2 aliphatic heterocycles. The Hall–Kier alpha value is -2.75. The van der Waals surface area contributed by atoms with Crippen LogP contribution >= 0.6 is 0 Å². The zero-order valence-corrected chi connectivity index (χ0v) is 18.6. The van der Waals surface area contributed by atoms with Gasteiger partial charge in [-0.3, -0.25) is 4.90 Å². The van der Waals surface area contributed by atoms with Crippen LogP contribution in [0.15, 0.2) is 24.5 Å². The number of aromatic nitrogens is 4. The number of fused-ring (bicyclic) bond motifs is 1. The van der Waals surface area contributed by atoms with Crippen molar-refractivity contribution >= 4 is 22.8 Å². The number of morpholine rings is 1. The molecule has 2 fully saturated rings. The van der Waals surface area contributed by atoms with Crippen molar-refractivity contribution in [3.05, 3.63) is 35.8 Å². The van der Waals surface area contributed by atoms with Gasteiger partial charge in [0.05, 0.1) is 38.0 Å². The molecule has 9 heteroatoms. The van der Waals surface area contributed by atoms with Gasteiger partial charge in [0.15, 0.2) is 5.65 Å². The number of hydrogen-bond acceptors (Lipinski definition) is 8. The van der Waals surface area contributed by atoms with E-state index in [0.717, 1.165) is 75.0 Å². The lowest BCUT2D eigenvalue weighted by Gasteiger charge is -2.32. The van der Waals surface area contributed by atoms with Crippen LogP contribution in [0.3, 0.4) is 0 Å². The van der Waals surface area contributed by atoms with Crippen molar-refractivity contribution in [1.82, 2.24) is 24.8 Å². The molecule has 1 aromatic carbocycles. The van der Waals surface area contributed by atoms with E-state index in [-0.39, 0.29) is 0 Å². The fourth-order valence-corrected chi connectivity index (χ4v) is 4.54. The highest BCUT2D eigenvalue weighted by Gasteiger charge is 2.23. The van der Waals surface area contributed by atoms with Crippen molar-refractivity contribution in [1.29, 1.82) is 0 Å². The van der Waals surface area contributed by atoms with Crippen molar-refractivity contribution in [2.45, 2.75) is 31.7 Å². The summed E-state index contributed by atoms with van der Waals surface area (Å²) in [4.78, 5) is 19.5. The predicted octanol–water partition coefficient (Wildman–Crippen LogP) is 3.39. The van der Waals surface area contributed by atoms with Crippen molar-refractivity contribution < 1.29 is 14.2 Å². The maximum Gasteiger partial charge on any atom is 0.229 e. The van der Waals surface area contributed by atoms with Gasteiger partial charge in [0, 0.05) is 38.3 Å². The van der Waals surface area contributed by atoms with Crippen LogP contribution in [0.2, 0.25) is 0 Å². The first-order valence-corrected chi connectivity index (χ1v) is 11.3. The van der Waals surface area contributed by atoms with Crippen LogP contribution in [0.1, 0.15) is 43.0 Å². The summed E-state index contributed by atoms with van der Waals surface area (Å²) in [5, 5.41) is 3.36. The van der Waals surface area contributed by atoms with Gasteiger partial charge in [0.25, 0.3) is 0 Å². The third-order valence-electron chi connectivity index (χ3n) is 6.47. The fraction of sp³-hybridized carbons (Fsp3) is 0.522. The summed E-state index contributed by atoms with van der Waals surface area (Å²) in [6.45, 7) is 7.18. The first-order chi connectivity index (χ1) is 15.7. The van der Waals surface area contributed by atoms with Gasteiger partial charge in [-0.2, -0.15) is 4.98 Å². The number of rotatable bonds is 6. The van der Waals surface area contributed by atoms with E-state index in [1.807, 2.05) is 6.07 Å². The second-order valence-electron chi connectivity index (χ2n) is 8.33. The van der Waals surface area contributed by atoms with Gasteiger partial charge in [-0.05, 0) is 37.5 Å². The minimum absolute atomic E-state index is 0.290. The molecule has 2 saturated heterocycles. The fourth-order valence-electron chi connectivity index (χ4n) is 4.54. The Morgan fingerprint density at radius 1 is 1.12 bits per heavy atom. The van der Waals surface area contributed by atoms with Crippen molar-refractivity contribution in [2.75, 3.05) is 51.9 Å². The number of anilines is 2. The standard InChI is InChI=1S/C23H30N6O3/c1-15(29-7-11-32-12-8-29)17-3-4-18(19(13-17)30-2)26-23-27-20(16-5-9-31-10-6-16)21-22(28-23)25-14-24-21/h3-4,13-16H,5-12H2,1-2H3,(H2,24,25,26,27,28). The Morgan fingerprint density at radius 3 is 2.69 bits per heavy atom. The van der Waals surface area contributed by atoms with E-state index in [1.165, 1.54) is 5.56 Å². The summed E-state index contributed by atoms with van der Waals surface area (Å²) in [7, 11) is 1.69. The molecule has 0 aliphatic carbocycles. The largest absolute Gasteiger partial charge is 0.495 e. The lowest BCUT2D eigenvalue weighted by atomic mass is 9.95. The Labute approximate surface area is 187 Å². The first kappa shape index (κ1) is 21.1. The molecule has 0 bridgehead atoms. The summed E-state index contributed by atoms with van der Waals surface area (Å²) >= 11 is 0. The molecule has 2 aliphatic rings. The quantitative estimate of drug-likeness (QED) is 0.604. The Bertz CT molecular complexity index is 1060. The first-order valence-electron chi connectivity index (χ1n) is 11.3. The van der Waals surface area contributed by atoms with Gasteiger partial charge >= 0.3 is 0 Å². The number of methoxy groups -OCH3 is 1. The van der Waals surface area contributed by atoms with Crippen molar-refractivity contribution in [3.63, 3.8) is 0 Å². The van der Waals surface area contributed by atoms with Gasteiger partial charge < -0.3 is 24.5 Å². The predicted molar refractivity (Wildman–Crippen MR) is 122 cm³/mol. The molecular formula is C23H30N6O3. The van der Waals surface area contributed by atoms with Crippen LogP contribution in [-0.4, -0.2) is 71.5 Å². The molecule has 5 rings (SSSR count). The van der Waals surface area contributed by atoms with Crippen LogP contribution < -0.4 is 10.1 Å². The molecule has 0 saturated carbocycles. The third-order valence-corrected chi connectivity index (χ3v) is 6.47. The van der Waals surface area contributed by atoms with Gasteiger partial charge in [-0.15, -0.1) is 0 Å². The Kier molecular flexibility index (Phi) is 6.20. The molecule has 32 heavy (non-hydrogen) atoms. The molecule has 3 aromatic rings. The highest BCUT2D eigenvalue weighted by molar-refractivity contribution is 5.76. The normalized spacial score (nSPS) is 19.2. The van der Waals surface area contributed by atoms with Crippen LogP contribution in [-0.2, 0) is 9.47 Å². The summed E-state index contributed by atoms with van der Waals surface area (Å²) in [5.74, 6) is 1.62. The minimum atomic E-state index is 0.290. The SMILES string of the molecule is COc1cc(C(C)N2CCOCC2)ccc1Nc1nc(C2CCOCC2)c2[nH]cnc2n1. The third kappa shape index (κ3) is 4.28. The van der Waals surface area contributed by atoms with E-state index in [4.69, 9.17) is 19.2 Å². The number of hydrogen-bond donors (Lipinski definition) is 2. The number of H-pyrrole nitrogens is 1. The maximum absolute atomic E-state index is 5.72. The van der Waals surface area contributed by atoms with Crippen LogP contribution in [0.25, 0.3) is 11.2 Å². The second-order valence-corrected chi connectivity index (χ2v) is 8.33. The van der Waals surface area contributed by atoms with Crippen LogP contribution in [0.5, 0.6) is 5.75 Å².